The fourth-order valence-corrected chi connectivity index (χ4v) is 4.62. The lowest BCUT2D eigenvalue weighted by Gasteiger charge is -2.32. The van der Waals surface area contributed by atoms with E-state index in [9.17, 15) is 4.79 Å². The van der Waals surface area contributed by atoms with Crippen LogP contribution in [-0.2, 0) is 17.8 Å². The monoisotopic (exact) mass is 436 g/mol. The van der Waals surface area contributed by atoms with Crippen molar-refractivity contribution in [1.29, 1.82) is 0 Å². The van der Waals surface area contributed by atoms with Gasteiger partial charge in [-0.25, -0.2) is 4.98 Å². The molecule has 1 amide bonds. The summed E-state index contributed by atoms with van der Waals surface area (Å²) in [7, 11) is 3.24. The zero-order valence-electron chi connectivity index (χ0n) is 18.0. The van der Waals surface area contributed by atoms with E-state index in [1.807, 2.05) is 46.7 Å². The molecule has 1 aliphatic rings. The molecule has 0 atom stereocenters. The van der Waals surface area contributed by atoms with Gasteiger partial charge in [0.15, 0.2) is 11.5 Å². The molecule has 0 radical (unpaired) electrons. The molecule has 0 bridgehead atoms. The van der Waals surface area contributed by atoms with Gasteiger partial charge in [-0.05, 0) is 42.5 Å². The van der Waals surface area contributed by atoms with Gasteiger partial charge in [-0.3, -0.25) is 4.79 Å². The summed E-state index contributed by atoms with van der Waals surface area (Å²) in [6, 6.07) is 16.0. The summed E-state index contributed by atoms with van der Waals surface area (Å²) < 4.78 is 10.7. The molecule has 0 unspecified atom stereocenters. The number of rotatable bonds is 9. The molecule has 0 spiro atoms. The second-order valence-electron chi connectivity index (χ2n) is 7.95. The van der Waals surface area contributed by atoms with Crippen LogP contribution in [0.5, 0.6) is 11.5 Å². The minimum atomic E-state index is 0.139. The molecular formula is C25H28N2O3S. The molecule has 0 N–H and O–H groups in total. The molecule has 2 aromatic carbocycles. The van der Waals surface area contributed by atoms with Crippen LogP contribution in [0.2, 0.25) is 0 Å². The topological polar surface area (TPSA) is 51.7 Å². The maximum absolute atomic E-state index is 13.2. The minimum absolute atomic E-state index is 0.139. The fourth-order valence-electron chi connectivity index (χ4n) is 3.80. The molecule has 162 valence electrons. The number of aromatic nitrogens is 1. The first-order valence-electron chi connectivity index (χ1n) is 10.6. The van der Waals surface area contributed by atoms with Gasteiger partial charge in [0, 0.05) is 24.0 Å². The number of benzene rings is 2. The summed E-state index contributed by atoms with van der Waals surface area (Å²) in [4.78, 5) is 19.9. The Morgan fingerprint density at radius 1 is 1.10 bits per heavy atom. The van der Waals surface area contributed by atoms with Crippen molar-refractivity contribution < 1.29 is 14.3 Å². The summed E-state index contributed by atoms with van der Waals surface area (Å²) in [5.74, 6) is 2.12. The SMILES string of the molecule is COc1ccc(-c2nc(CC(=O)N(Cc3ccccc3)CC3CCC3)cs2)cc1OC. The second-order valence-corrected chi connectivity index (χ2v) is 8.81. The lowest BCUT2D eigenvalue weighted by atomic mass is 9.85. The van der Waals surface area contributed by atoms with Gasteiger partial charge in [-0.15, -0.1) is 11.3 Å². The van der Waals surface area contributed by atoms with Crippen LogP contribution in [-0.4, -0.2) is 36.6 Å². The van der Waals surface area contributed by atoms with Crippen LogP contribution in [0.25, 0.3) is 10.6 Å². The highest BCUT2D eigenvalue weighted by molar-refractivity contribution is 7.13. The van der Waals surface area contributed by atoms with Crippen molar-refractivity contribution in [3.8, 4) is 22.1 Å². The number of hydrogen-bond donors (Lipinski definition) is 0. The number of nitrogens with zero attached hydrogens (tertiary/aromatic N) is 2. The van der Waals surface area contributed by atoms with Gasteiger partial charge in [-0.2, -0.15) is 0 Å². The van der Waals surface area contributed by atoms with Gasteiger partial charge in [0.05, 0.1) is 26.3 Å². The first-order valence-corrected chi connectivity index (χ1v) is 11.5. The average Bonchev–Trinajstić information content (AvgIpc) is 3.23. The fraction of sp³-hybridized carbons (Fsp3) is 0.360. The van der Waals surface area contributed by atoms with Crippen molar-refractivity contribution >= 4 is 17.2 Å². The number of carbonyl (C=O) groups is 1. The molecular weight excluding hydrogens is 408 g/mol. The highest BCUT2D eigenvalue weighted by Gasteiger charge is 2.24. The van der Waals surface area contributed by atoms with E-state index >= 15 is 0 Å². The quantitative estimate of drug-likeness (QED) is 0.463. The smallest absolute Gasteiger partial charge is 0.228 e. The van der Waals surface area contributed by atoms with Gasteiger partial charge in [0.2, 0.25) is 5.91 Å². The lowest BCUT2D eigenvalue weighted by molar-refractivity contribution is -0.132. The molecule has 6 heteroatoms. The normalized spacial score (nSPS) is 13.5. The predicted molar refractivity (Wildman–Crippen MR) is 124 cm³/mol. The number of methoxy groups -OCH3 is 2. The largest absolute Gasteiger partial charge is 0.493 e. The zero-order valence-corrected chi connectivity index (χ0v) is 18.9. The van der Waals surface area contributed by atoms with Crippen molar-refractivity contribution in [2.45, 2.75) is 32.2 Å². The Labute approximate surface area is 187 Å². The summed E-state index contributed by atoms with van der Waals surface area (Å²) >= 11 is 1.54. The molecule has 0 aliphatic heterocycles. The van der Waals surface area contributed by atoms with E-state index in [0.29, 0.717) is 30.4 Å². The average molecular weight is 437 g/mol. The first-order chi connectivity index (χ1) is 15.2. The number of carbonyl (C=O) groups excluding carboxylic acids is 1. The van der Waals surface area contributed by atoms with E-state index in [4.69, 9.17) is 14.5 Å². The van der Waals surface area contributed by atoms with Crippen LogP contribution >= 0.6 is 11.3 Å². The van der Waals surface area contributed by atoms with E-state index in [2.05, 4.69) is 12.1 Å². The zero-order chi connectivity index (χ0) is 21.6. The van der Waals surface area contributed by atoms with Crippen LogP contribution in [0.15, 0.2) is 53.9 Å². The summed E-state index contributed by atoms with van der Waals surface area (Å²) in [6.45, 7) is 1.49. The van der Waals surface area contributed by atoms with E-state index in [1.165, 1.54) is 24.8 Å². The first kappa shape index (κ1) is 21.4. The molecule has 4 rings (SSSR count). The maximum Gasteiger partial charge on any atom is 0.228 e. The molecule has 0 saturated heterocycles. The number of amides is 1. The second kappa shape index (κ2) is 9.96. The van der Waals surface area contributed by atoms with Gasteiger partial charge >= 0.3 is 0 Å². The van der Waals surface area contributed by atoms with Crippen molar-refractivity contribution in [3.05, 3.63) is 65.2 Å². The Morgan fingerprint density at radius 2 is 1.87 bits per heavy atom. The molecule has 3 aromatic rings. The number of thiazole rings is 1. The Hall–Kier alpha value is -2.86. The Morgan fingerprint density at radius 3 is 2.55 bits per heavy atom. The predicted octanol–water partition coefficient (Wildman–Crippen LogP) is 5.20. The van der Waals surface area contributed by atoms with Crippen LogP contribution in [0.4, 0.5) is 0 Å². The molecule has 1 fully saturated rings. The van der Waals surface area contributed by atoms with E-state index in [1.54, 1.807) is 25.6 Å². The number of ether oxygens (including phenoxy) is 2. The summed E-state index contributed by atoms with van der Waals surface area (Å²) in [5, 5.41) is 2.85. The van der Waals surface area contributed by atoms with Crippen LogP contribution in [0.3, 0.4) is 0 Å². The third kappa shape index (κ3) is 5.25. The molecule has 1 aromatic heterocycles. The Balaban J connectivity index is 1.47. The molecule has 1 saturated carbocycles. The highest BCUT2D eigenvalue weighted by Crippen LogP contribution is 2.34. The van der Waals surface area contributed by atoms with Crippen molar-refractivity contribution in [1.82, 2.24) is 9.88 Å². The minimum Gasteiger partial charge on any atom is -0.493 e. The molecule has 1 aliphatic carbocycles. The Kier molecular flexibility index (Phi) is 6.87. The van der Waals surface area contributed by atoms with Crippen molar-refractivity contribution in [2.24, 2.45) is 5.92 Å². The maximum atomic E-state index is 13.2. The van der Waals surface area contributed by atoms with Crippen molar-refractivity contribution in [2.75, 3.05) is 20.8 Å². The molecule has 5 nitrogen and oxygen atoms in total. The van der Waals surface area contributed by atoms with Gasteiger partial charge < -0.3 is 14.4 Å². The third-order valence-electron chi connectivity index (χ3n) is 5.79. The van der Waals surface area contributed by atoms with Crippen LogP contribution < -0.4 is 9.47 Å². The standard InChI is InChI=1S/C25H28N2O3S/c1-29-22-12-11-20(13-23(22)30-2)25-26-21(17-31-25)14-24(28)27(16-19-9-6-10-19)15-18-7-4-3-5-8-18/h3-5,7-8,11-13,17,19H,6,9-10,14-16H2,1-2H3. The third-order valence-corrected chi connectivity index (χ3v) is 6.73. The van der Waals surface area contributed by atoms with E-state index in [0.717, 1.165) is 22.8 Å². The van der Waals surface area contributed by atoms with E-state index < -0.39 is 0 Å². The van der Waals surface area contributed by atoms with Crippen LogP contribution in [0, 0.1) is 5.92 Å². The molecule has 31 heavy (non-hydrogen) atoms. The Bertz CT molecular complexity index is 1010. The van der Waals surface area contributed by atoms with Gasteiger partial charge in [0.1, 0.15) is 5.01 Å². The van der Waals surface area contributed by atoms with Gasteiger partial charge in [-0.1, -0.05) is 36.8 Å². The molecule has 1 heterocycles. The van der Waals surface area contributed by atoms with Gasteiger partial charge in [0.25, 0.3) is 0 Å². The number of hydrogen-bond acceptors (Lipinski definition) is 5. The van der Waals surface area contributed by atoms with Crippen molar-refractivity contribution in [3.63, 3.8) is 0 Å². The van der Waals surface area contributed by atoms with E-state index in [-0.39, 0.29) is 5.91 Å². The van der Waals surface area contributed by atoms with Crippen LogP contribution in [0.1, 0.15) is 30.5 Å². The highest BCUT2D eigenvalue weighted by atomic mass is 32.1. The summed E-state index contributed by atoms with van der Waals surface area (Å²) in [6.07, 6.45) is 4.04. The summed E-state index contributed by atoms with van der Waals surface area (Å²) in [5.41, 5.74) is 2.93. The lowest BCUT2D eigenvalue weighted by Crippen LogP contribution is -2.37.